The minimum Gasteiger partial charge on any atom is -0.349 e. The molecular formula is C16H16ClF3N4O. The molecule has 0 fully saturated rings. The first-order valence-electron chi connectivity index (χ1n) is 7.36. The molecular weight excluding hydrogens is 357 g/mol. The molecule has 0 aliphatic rings. The van der Waals surface area contributed by atoms with Crippen LogP contribution in [0.1, 0.15) is 35.6 Å². The number of hydrogen-bond acceptors (Lipinski definition) is 4. The van der Waals surface area contributed by atoms with E-state index < -0.39 is 22.7 Å². The van der Waals surface area contributed by atoms with Gasteiger partial charge in [0.25, 0.3) is 5.91 Å². The Morgan fingerprint density at radius 3 is 2.48 bits per heavy atom. The summed E-state index contributed by atoms with van der Waals surface area (Å²) in [6.45, 7) is 5.26. The lowest BCUT2D eigenvalue weighted by Crippen LogP contribution is -2.31. The number of amides is 1. The Hall–Kier alpha value is -2.35. The highest BCUT2D eigenvalue weighted by Crippen LogP contribution is 2.36. The Balaban J connectivity index is 2.32. The molecule has 0 saturated heterocycles. The SMILES string of the molecule is Cc1cc(C(=O)NC(C)C)nc(Nc2ccc(Cl)c(C(F)(F)F)c2)n1. The standard InChI is InChI=1S/C16H16ClF3N4O/c1-8(2)21-14(25)13-6-9(3)22-15(24-13)23-10-4-5-12(17)11(7-10)16(18,19)20/h4-8H,1-3H3,(H,21,25)(H,22,23,24). The molecule has 0 saturated carbocycles. The second-order valence-corrected chi connectivity index (χ2v) is 6.07. The highest BCUT2D eigenvalue weighted by Gasteiger charge is 2.33. The fourth-order valence-corrected chi connectivity index (χ4v) is 2.25. The van der Waals surface area contributed by atoms with Crippen LogP contribution in [-0.4, -0.2) is 21.9 Å². The molecule has 0 unspecified atom stereocenters. The number of nitrogens with zero attached hydrogens (tertiary/aromatic N) is 2. The number of rotatable bonds is 4. The van der Waals surface area contributed by atoms with E-state index in [0.717, 1.165) is 12.1 Å². The van der Waals surface area contributed by atoms with Crippen molar-refractivity contribution in [2.24, 2.45) is 0 Å². The lowest BCUT2D eigenvalue weighted by atomic mass is 10.2. The summed E-state index contributed by atoms with van der Waals surface area (Å²) in [4.78, 5) is 20.2. The largest absolute Gasteiger partial charge is 0.417 e. The fraction of sp³-hybridized carbons (Fsp3) is 0.312. The summed E-state index contributed by atoms with van der Waals surface area (Å²) in [5.41, 5.74) is -0.243. The average Bonchev–Trinajstić information content (AvgIpc) is 2.47. The van der Waals surface area contributed by atoms with E-state index in [1.165, 1.54) is 12.1 Å². The van der Waals surface area contributed by atoms with E-state index in [2.05, 4.69) is 20.6 Å². The molecule has 1 heterocycles. The van der Waals surface area contributed by atoms with Gasteiger partial charge >= 0.3 is 6.18 Å². The molecule has 0 aliphatic heterocycles. The summed E-state index contributed by atoms with van der Waals surface area (Å²) < 4.78 is 38.8. The van der Waals surface area contributed by atoms with Gasteiger partial charge in [0.05, 0.1) is 10.6 Å². The van der Waals surface area contributed by atoms with Gasteiger partial charge in [-0.3, -0.25) is 4.79 Å². The Morgan fingerprint density at radius 2 is 1.88 bits per heavy atom. The second-order valence-electron chi connectivity index (χ2n) is 5.66. The number of anilines is 2. The van der Waals surface area contributed by atoms with Crippen LogP contribution in [0, 0.1) is 6.92 Å². The van der Waals surface area contributed by atoms with Gasteiger partial charge < -0.3 is 10.6 Å². The maximum atomic E-state index is 12.9. The molecule has 1 aromatic carbocycles. The summed E-state index contributed by atoms with van der Waals surface area (Å²) in [7, 11) is 0. The van der Waals surface area contributed by atoms with Crippen molar-refractivity contribution in [2.45, 2.75) is 33.0 Å². The van der Waals surface area contributed by atoms with Crippen molar-refractivity contribution in [1.82, 2.24) is 15.3 Å². The van der Waals surface area contributed by atoms with Crippen molar-refractivity contribution >= 4 is 29.1 Å². The van der Waals surface area contributed by atoms with E-state index in [1.807, 2.05) is 0 Å². The zero-order chi connectivity index (χ0) is 18.8. The molecule has 0 spiro atoms. The van der Waals surface area contributed by atoms with Crippen LogP contribution >= 0.6 is 11.6 Å². The van der Waals surface area contributed by atoms with E-state index in [1.54, 1.807) is 20.8 Å². The fourth-order valence-electron chi connectivity index (χ4n) is 2.03. The molecule has 9 heteroatoms. The molecule has 2 N–H and O–H groups in total. The van der Waals surface area contributed by atoms with Gasteiger partial charge in [0.2, 0.25) is 5.95 Å². The number of halogens is 4. The van der Waals surface area contributed by atoms with Crippen molar-refractivity contribution < 1.29 is 18.0 Å². The summed E-state index contributed by atoms with van der Waals surface area (Å²) in [5.74, 6) is -0.375. The number of alkyl halides is 3. The molecule has 2 rings (SSSR count). The van der Waals surface area contributed by atoms with Gasteiger partial charge in [0.1, 0.15) is 5.69 Å². The first-order valence-corrected chi connectivity index (χ1v) is 7.74. The number of hydrogen-bond donors (Lipinski definition) is 2. The van der Waals surface area contributed by atoms with Crippen molar-refractivity contribution in [2.75, 3.05) is 5.32 Å². The molecule has 134 valence electrons. The van der Waals surface area contributed by atoms with Crippen LogP contribution in [0.15, 0.2) is 24.3 Å². The second kappa shape index (κ2) is 7.26. The van der Waals surface area contributed by atoms with Crippen molar-refractivity contribution in [3.8, 4) is 0 Å². The van der Waals surface area contributed by atoms with Crippen LogP contribution in [0.2, 0.25) is 5.02 Å². The average molecular weight is 373 g/mol. The van der Waals surface area contributed by atoms with Gasteiger partial charge in [0, 0.05) is 17.4 Å². The number of nitrogens with one attached hydrogen (secondary N) is 2. The van der Waals surface area contributed by atoms with E-state index in [4.69, 9.17) is 11.6 Å². The third-order valence-electron chi connectivity index (χ3n) is 3.03. The van der Waals surface area contributed by atoms with E-state index in [-0.39, 0.29) is 23.4 Å². The first-order chi connectivity index (χ1) is 11.6. The smallest absolute Gasteiger partial charge is 0.349 e. The molecule has 25 heavy (non-hydrogen) atoms. The quantitative estimate of drug-likeness (QED) is 0.837. The van der Waals surface area contributed by atoms with E-state index in [0.29, 0.717) is 5.69 Å². The number of carbonyl (C=O) groups is 1. The molecule has 0 aliphatic carbocycles. The van der Waals surface area contributed by atoms with Gasteiger partial charge in [-0.2, -0.15) is 13.2 Å². The van der Waals surface area contributed by atoms with Crippen molar-refractivity contribution in [3.05, 3.63) is 46.2 Å². The Morgan fingerprint density at radius 1 is 1.20 bits per heavy atom. The molecule has 1 aromatic heterocycles. The monoisotopic (exact) mass is 372 g/mol. The van der Waals surface area contributed by atoms with Gasteiger partial charge in [0.15, 0.2) is 0 Å². The van der Waals surface area contributed by atoms with Crippen LogP contribution in [0.4, 0.5) is 24.8 Å². The van der Waals surface area contributed by atoms with Crippen LogP contribution in [0.25, 0.3) is 0 Å². The summed E-state index contributed by atoms with van der Waals surface area (Å²) in [5, 5.41) is 4.96. The van der Waals surface area contributed by atoms with Gasteiger partial charge in [-0.1, -0.05) is 11.6 Å². The maximum absolute atomic E-state index is 12.9. The van der Waals surface area contributed by atoms with Crippen LogP contribution < -0.4 is 10.6 Å². The Bertz CT molecular complexity index is 793. The lowest BCUT2D eigenvalue weighted by molar-refractivity contribution is -0.137. The number of benzene rings is 1. The van der Waals surface area contributed by atoms with Crippen LogP contribution in [0.5, 0.6) is 0 Å². The molecule has 0 atom stereocenters. The summed E-state index contributed by atoms with van der Waals surface area (Å²) in [6.07, 6.45) is -4.58. The van der Waals surface area contributed by atoms with E-state index in [9.17, 15) is 18.0 Å². The number of aromatic nitrogens is 2. The van der Waals surface area contributed by atoms with Gasteiger partial charge in [-0.05, 0) is 45.0 Å². The number of carbonyl (C=O) groups excluding carboxylic acids is 1. The molecule has 0 radical (unpaired) electrons. The predicted molar refractivity (Wildman–Crippen MR) is 89.1 cm³/mol. The van der Waals surface area contributed by atoms with E-state index >= 15 is 0 Å². The topological polar surface area (TPSA) is 66.9 Å². The third-order valence-corrected chi connectivity index (χ3v) is 3.36. The summed E-state index contributed by atoms with van der Waals surface area (Å²) in [6, 6.07) is 4.78. The molecule has 2 aromatic rings. The highest BCUT2D eigenvalue weighted by molar-refractivity contribution is 6.31. The first kappa shape index (κ1) is 19.0. The Kier molecular flexibility index (Phi) is 5.52. The zero-order valence-electron chi connectivity index (χ0n) is 13.7. The normalized spacial score (nSPS) is 11.5. The van der Waals surface area contributed by atoms with Gasteiger partial charge in [-0.25, -0.2) is 9.97 Å². The summed E-state index contributed by atoms with van der Waals surface area (Å²) >= 11 is 5.59. The van der Waals surface area contributed by atoms with Gasteiger partial charge in [-0.15, -0.1) is 0 Å². The van der Waals surface area contributed by atoms with Crippen molar-refractivity contribution in [1.29, 1.82) is 0 Å². The Labute approximate surface area is 147 Å². The molecule has 1 amide bonds. The minimum absolute atomic E-state index is 0.0179. The third kappa shape index (κ3) is 5.06. The van der Waals surface area contributed by atoms with Crippen molar-refractivity contribution in [3.63, 3.8) is 0 Å². The number of aryl methyl sites for hydroxylation is 1. The molecule has 5 nitrogen and oxygen atoms in total. The minimum atomic E-state index is -4.58. The predicted octanol–water partition coefficient (Wildman–Crippen LogP) is 4.34. The maximum Gasteiger partial charge on any atom is 0.417 e. The van der Waals surface area contributed by atoms with Crippen LogP contribution in [-0.2, 0) is 6.18 Å². The van der Waals surface area contributed by atoms with Crippen LogP contribution in [0.3, 0.4) is 0 Å². The lowest BCUT2D eigenvalue weighted by Gasteiger charge is -2.13. The highest BCUT2D eigenvalue weighted by atomic mass is 35.5. The zero-order valence-corrected chi connectivity index (χ0v) is 14.5. The molecule has 0 bridgehead atoms.